The number of carbonyl (C=O) groups is 1. The molecule has 1 amide bonds. The molecule has 1 aliphatic rings. The van der Waals surface area contributed by atoms with Gasteiger partial charge in [0, 0.05) is 24.6 Å². The van der Waals surface area contributed by atoms with Crippen LogP contribution in [0.2, 0.25) is 0 Å². The van der Waals surface area contributed by atoms with E-state index in [2.05, 4.69) is 48.5 Å². The molecule has 1 saturated heterocycles. The Kier molecular flexibility index (Phi) is 6.58. The molecular formula is C17H26N2OS. The molecule has 1 aromatic rings. The lowest BCUT2D eigenvalue weighted by molar-refractivity contribution is -0.126. The predicted molar refractivity (Wildman–Crippen MR) is 90.6 cm³/mol. The van der Waals surface area contributed by atoms with Crippen molar-refractivity contribution in [2.75, 3.05) is 32.4 Å². The van der Waals surface area contributed by atoms with E-state index in [1.54, 1.807) is 0 Å². The third kappa shape index (κ3) is 5.36. The fourth-order valence-corrected chi connectivity index (χ4v) is 3.66. The molecule has 0 aromatic heterocycles. The molecule has 116 valence electrons. The minimum absolute atomic E-state index is 0.185. The van der Waals surface area contributed by atoms with Crippen molar-refractivity contribution in [1.29, 1.82) is 0 Å². The number of amides is 1. The van der Waals surface area contributed by atoms with Gasteiger partial charge in [0.1, 0.15) is 0 Å². The summed E-state index contributed by atoms with van der Waals surface area (Å²) in [6, 6.07) is 8.49. The van der Waals surface area contributed by atoms with Crippen LogP contribution in [0.1, 0.15) is 24.0 Å². The molecule has 4 heteroatoms. The van der Waals surface area contributed by atoms with Crippen LogP contribution < -0.4 is 5.32 Å². The summed E-state index contributed by atoms with van der Waals surface area (Å²) in [6.45, 7) is 4.95. The summed E-state index contributed by atoms with van der Waals surface area (Å²) in [4.78, 5) is 14.3. The number of likely N-dealkylation sites (tertiary alicyclic amines) is 1. The molecule has 0 aliphatic carbocycles. The lowest BCUT2D eigenvalue weighted by atomic mass is 9.98. The number of piperidine rings is 1. The van der Waals surface area contributed by atoms with Crippen LogP contribution in [0.4, 0.5) is 0 Å². The number of benzene rings is 1. The Morgan fingerprint density at radius 2 is 2.24 bits per heavy atom. The smallest absolute Gasteiger partial charge is 0.224 e. The number of rotatable bonds is 6. The van der Waals surface area contributed by atoms with E-state index >= 15 is 0 Å². The largest absolute Gasteiger partial charge is 0.355 e. The van der Waals surface area contributed by atoms with Gasteiger partial charge in [0.2, 0.25) is 5.91 Å². The number of nitrogens with zero attached hydrogens (tertiary/aromatic N) is 1. The third-order valence-corrected chi connectivity index (χ3v) is 5.07. The second kappa shape index (κ2) is 8.44. The monoisotopic (exact) mass is 306 g/mol. The van der Waals surface area contributed by atoms with E-state index in [4.69, 9.17) is 0 Å². The molecule has 2 rings (SSSR count). The molecule has 1 heterocycles. The zero-order chi connectivity index (χ0) is 15.1. The van der Waals surface area contributed by atoms with Crippen LogP contribution in [-0.4, -0.2) is 43.2 Å². The van der Waals surface area contributed by atoms with Crippen LogP contribution in [-0.2, 0) is 10.5 Å². The van der Waals surface area contributed by atoms with Gasteiger partial charge in [0.05, 0.1) is 5.92 Å². The highest BCUT2D eigenvalue weighted by molar-refractivity contribution is 7.98. The molecule has 0 saturated carbocycles. The summed E-state index contributed by atoms with van der Waals surface area (Å²) in [6.07, 6.45) is 2.17. The van der Waals surface area contributed by atoms with Gasteiger partial charge in [0.15, 0.2) is 0 Å². The van der Waals surface area contributed by atoms with Gasteiger partial charge in [-0.15, -0.1) is 0 Å². The first-order chi connectivity index (χ1) is 10.2. The summed E-state index contributed by atoms with van der Waals surface area (Å²) >= 11 is 1.88. The highest BCUT2D eigenvalue weighted by Gasteiger charge is 2.23. The highest BCUT2D eigenvalue weighted by atomic mass is 32.2. The molecule has 1 unspecified atom stereocenters. The van der Waals surface area contributed by atoms with Crippen molar-refractivity contribution in [2.24, 2.45) is 5.92 Å². The normalized spacial score (nSPS) is 19.4. The molecule has 1 fully saturated rings. The lowest BCUT2D eigenvalue weighted by Crippen LogP contribution is -2.41. The minimum atomic E-state index is 0.185. The zero-order valence-electron chi connectivity index (χ0n) is 13.1. The van der Waals surface area contributed by atoms with E-state index in [0.717, 1.165) is 44.0 Å². The SMILES string of the molecule is Cc1ccccc1CSCCNC(=O)C1CCCN(C)C1. The number of carbonyl (C=O) groups excluding carboxylic acids is 1. The van der Waals surface area contributed by atoms with Crippen LogP contribution in [0.25, 0.3) is 0 Å². The molecule has 0 radical (unpaired) electrons. The first kappa shape index (κ1) is 16.4. The molecular weight excluding hydrogens is 280 g/mol. The Labute approximate surface area is 132 Å². The first-order valence-electron chi connectivity index (χ1n) is 7.75. The molecule has 0 spiro atoms. The molecule has 21 heavy (non-hydrogen) atoms. The Morgan fingerprint density at radius 1 is 1.43 bits per heavy atom. The van der Waals surface area contributed by atoms with Gasteiger partial charge < -0.3 is 10.2 Å². The van der Waals surface area contributed by atoms with Crippen molar-refractivity contribution >= 4 is 17.7 Å². The van der Waals surface area contributed by atoms with Gasteiger partial charge in [-0.3, -0.25) is 4.79 Å². The summed E-state index contributed by atoms with van der Waals surface area (Å²) in [5, 5.41) is 3.09. The van der Waals surface area contributed by atoms with Crippen molar-refractivity contribution in [3.05, 3.63) is 35.4 Å². The van der Waals surface area contributed by atoms with Gasteiger partial charge in [-0.2, -0.15) is 11.8 Å². The van der Waals surface area contributed by atoms with Gasteiger partial charge in [0.25, 0.3) is 0 Å². The summed E-state index contributed by atoms with van der Waals surface area (Å²) < 4.78 is 0. The predicted octanol–water partition coefficient (Wildman–Crippen LogP) is 2.69. The molecule has 1 atom stereocenters. The van der Waals surface area contributed by atoms with E-state index < -0.39 is 0 Å². The van der Waals surface area contributed by atoms with Crippen molar-refractivity contribution < 1.29 is 4.79 Å². The van der Waals surface area contributed by atoms with E-state index in [1.807, 2.05) is 11.8 Å². The number of hydrogen-bond donors (Lipinski definition) is 1. The lowest BCUT2D eigenvalue weighted by Gasteiger charge is -2.28. The van der Waals surface area contributed by atoms with E-state index in [-0.39, 0.29) is 11.8 Å². The molecule has 1 aromatic carbocycles. The Bertz CT molecular complexity index is 464. The molecule has 1 N–H and O–H groups in total. The van der Waals surface area contributed by atoms with Crippen molar-refractivity contribution in [3.8, 4) is 0 Å². The van der Waals surface area contributed by atoms with Crippen LogP contribution in [0.3, 0.4) is 0 Å². The van der Waals surface area contributed by atoms with Crippen LogP contribution in [0, 0.1) is 12.8 Å². The van der Waals surface area contributed by atoms with Crippen molar-refractivity contribution in [2.45, 2.75) is 25.5 Å². The third-order valence-electron chi connectivity index (χ3n) is 4.06. The Hall–Kier alpha value is -1.00. The highest BCUT2D eigenvalue weighted by Crippen LogP contribution is 2.16. The summed E-state index contributed by atoms with van der Waals surface area (Å²) in [5.74, 6) is 2.42. The second-order valence-electron chi connectivity index (χ2n) is 5.87. The minimum Gasteiger partial charge on any atom is -0.355 e. The maximum Gasteiger partial charge on any atom is 0.224 e. The topological polar surface area (TPSA) is 32.3 Å². The fraction of sp³-hybridized carbons (Fsp3) is 0.588. The number of hydrogen-bond acceptors (Lipinski definition) is 3. The summed E-state index contributed by atoms with van der Waals surface area (Å²) in [5.41, 5.74) is 2.74. The maximum atomic E-state index is 12.1. The number of nitrogens with one attached hydrogen (secondary N) is 1. The second-order valence-corrected chi connectivity index (χ2v) is 6.98. The molecule has 1 aliphatic heterocycles. The van der Waals surface area contributed by atoms with E-state index in [9.17, 15) is 4.79 Å². The standard InChI is InChI=1S/C17H26N2OS/c1-14-6-3-4-7-16(14)13-21-11-9-18-17(20)15-8-5-10-19(2)12-15/h3-4,6-7,15H,5,8-13H2,1-2H3,(H,18,20). The van der Waals surface area contributed by atoms with E-state index in [0.29, 0.717) is 0 Å². The molecule has 3 nitrogen and oxygen atoms in total. The van der Waals surface area contributed by atoms with Crippen molar-refractivity contribution in [1.82, 2.24) is 10.2 Å². The maximum absolute atomic E-state index is 12.1. The average Bonchev–Trinajstić information content (AvgIpc) is 2.48. The van der Waals surface area contributed by atoms with Crippen LogP contribution in [0.15, 0.2) is 24.3 Å². The number of aryl methyl sites for hydroxylation is 1. The van der Waals surface area contributed by atoms with Crippen molar-refractivity contribution in [3.63, 3.8) is 0 Å². The molecule has 0 bridgehead atoms. The van der Waals surface area contributed by atoms with Gasteiger partial charge in [-0.25, -0.2) is 0 Å². The van der Waals surface area contributed by atoms with Gasteiger partial charge in [-0.05, 0) is 44.5 Å². The first-order valence-corrected chi connectivity index (χ1v) is 8.91. The fourth-order valence-electron chi connectivity index (χ4n) is 2.73. The Morgan fingerprint density at radius 3 is 3.00 bits per heavy atom. The van der Waals surface area contributed by atoms with Crippen LogP contribution >= 0.6 is 11.8 Å². The summed E-state index contributed by atoms with van der Waals surface area (Å²) in [7, 11) is 2.09. The van der Waals surface area contributed by atoms with Gasteiger partial charge in [-0.1, -0.05) is 24.3 Å². The van der Waals surface area contributed by atoms with Gasteiger partial charge >= 0.3 is 0 Å². The average molecular weight is 306 g/mol. The van der Waals surface area contributed by atoms with Crippen LogP contribution in [0.5, 0.6) is 0 Å². The quantitative estimate of drug-likeness (QED) is 0.820. The Balaban J connectivity index is 1.61. The number of thioether (sulfide) groups is 1. The van der Waals surface area contributed by atoms with E-state index in [1.165, 1.54) is 11.1 Å². The zero-order valence-corrected chi connectivity index (χ0v) is 13.9.